The SMILES string of the molecule is Cc1ccc(NC(=O)[C@@H](C)OC(=O)c2ccccc2S(C)(=O)=O)cc1. The monoisotopic (exact) mass is 361 g/mol. The number of benzene rings is 2. The van der Waals surface area contributed by atoms with E-state index >= 15 is 0 Å². The topological polar surface area (TPSA) is 89.5 Å². The van der Waals surface area contributed by atoms with E-state index in [9.17, 15) is 18.0 Å². The molecule has 132 valence electrons. The maximum atomic E-state index is 12.3. The molecular weight excluding hydrogens is 342 g/mol. The highest BCUT2D eigenvalue weighted by molar-refractivity contribution is 7.90. The predicted molar refractivity (Wildman–Crippen MR) is 94.2 cm³/mol. The molecule has 0 saturated heterocycles. The molecule has 1 amide bonds. The molecular formula is C18H19NO5S. The van der Waals surface area contributed by atoms with Gasteiger partial charge in [-0.3, -0.25) is 4.79 Å². The molecule has 0 fully saturated rings. The molecule has 0 aliphatic rings. The number of rotatable bonds is 5. The van der Waals surface area contributed by atoms with Crippen LogP contribution in [-0.4, -0.2) is 32.7 Å². The Balaban J connectivity index is 2.10. The lowest BCUT2D eigenvalue weighted by atomic mass is 10.2. The minimum Gasteiger partial charge on any atom is -0.449 e. The van der Waals surface area contributed by atoms with Crippen molar-refractivity contribution in [3.63, 3.8) is 0 Å². The Labute approximate surface area is 146 Å². The van der Waals surface area contributed by atoms with E-state index in [1.54, 1.807) is 12.1 Å². The van der Waals surface area contributed by atoms with Gasteiger partial charge in [0.1, 0.15) is 0 Å². The number of nitrogens with one attached hydrogen (secondary N) is 1. The first-order chi connectivity index (χ1) is 11.7. The maximum absolute atomic E-state index is 12.3. The van der Waals surface area contributed by atoms with E-state index in [2.05, 4.69) is 5.32 Å². The summed E-state index contributed by atoms with van der Waals surface area (Å²) in [6.07, 6.45) is -0.0754. The van der Waals surface area contributed by atoms with Crippen molar-refractivity contribution in [1.29, 1.82) is 0 Å². The van der Waals surface area contributed by atoms with Crippen molar-refractivity contribution in [2.45, 2.75) is 24.8 Å². The van der Waals surface area contributed by atoms with Gasteiger partial charge in [0.25, 0.3) is 5.91 Å². The zero-order chi connectivity index (χ0) is 18.6. The highest BCUT2D eigenvalue weighted by Gasteiger charge is 2.23. The van der Waals surface area contributed by atoms with Crippen molar-refractivity contribution in [2.75, 3.05) is 11.6 Å². The van der Waals surface area contributed by atoms with Gasteiger partial charge in [0.2, 0.25) is 0 Å². The molecule has 0 radical (unpaired) electrons. The highest BCUT2D eigenvalue weighted by atomic mass is 32.2. The summed E-state index contributed by atoms with van der Waals surface area (Å²) < 4.78 is 28.6. The number of sulfone groups is 1. The number of carbonyl (C=O) groups excluding carboxylic acids is 2. The van der Waals surface area contributed by atoms with Gasteiger partial charge in [0.15, 0.2) is 15.9 Å². The maximum Gasteiger partial charge on any atom is 0.340 e. The van der Waals surface area contributed by atoms with Crippen LogP contribution in [0, 0.1) is 6.92 Å². The molecule has 25 heavy (non-hydrogen) atoms. The van der Waals surface area contributed by atoms with Gasteiger partial charge in [-0.25, -0.2) is 13.2 Å². The van der Waals surface area contributed by atoms with E-state index in [0.717, 1.165) is 11.8 Å². The molecule has 0 heterocycles. The first kappa shape index (κ1) is 18.7. The summed E-state index contributed by atoms with van der Waals surface area (Å²) in [5, 5.41) is 2.64. The van der Waals surface area contributed by atoms with Crippen molar-refractivity contribution in [2.24, 2.45) is 0 Å². The molecule has 0 aliphatic carbocycles. The standard InChI is InChI=1S/C18H19NO5S/c1-12-8-10-14(11-9-12)19-17(20)13(2)24-18(21)15-6-4-5-7-16(15)25(3,22)23/h4-11,13H,1-3H3,(H,19,20)/t13-/m1/s1. The van der Waals surface area contributed by atoms with Crippen LogP contribution in [0.4, 0.5) is 5.69 Å². The fraction of sp³-hybridized carbons (Fsp3) is 0.222. The average Bonchev–Trinajstić information content (AvgIpc) is 2.56. The summed E-state index contributed by atoms with van der Waals surface area (Å²) in [6, 6.07) is 12.9. The number of anilines is 1. The fourth-order valence-corrected chi connectivity index (χ4v) is 2.99. The van der Waals surface area contributed by atoms with Crippen molar-refractivity contribution in [1.82, 2.24) is 0 Å². The Bertz CT molecular complexity index is 888. The van der Waals surface area contributed by atoms with Gasteiger partial charge < -0.3 is 10.1 Å². The molecule has 0 bridgehead atoms. The lowest BCUT2D eigenvalue weighted by Crippen LogP contribution is -2.30. The third-order valence-electron chi connectivity index (χ3n) is 3.48. The molecule has 1 N–H and O–H groups in total. The number of aryl methyl sites for hydroxylation is 1. The number of amides is 1. The molecule has 2 rings (SSSR count). The van der Waals surface area contributed by atoms with Crippen LogP contribution in [0.5, 0.6) is 0 Å². The summed E-state index contributed by atoms with van der Waals surface area (Å²) >= 11 is 0. The zero-order valence-corrected chi connectivity index (χ0v) is 15.0. The second kappa shape index (κ2) is 7.48. The summed E-state index contributed by atoms with van der Waals surface area (Å²) in [5.41, 5.74) is 1.53. The molecule has 1 atom stereocenters. The molecule has 6 nitrogen and oxygen atoms in total. The molecule has 2 aromatic carbocycles. The smallest absolute Gasteiger partial charge is 0.340 e. The molecule has 2 aromatic rings. The number of hydrogen-bond acceptors (Lipinski definition) is 5. The number of hydrogen-bond donors (Lipinski definition) is 1. The van der Waals surface area contributed by atoms with Crippen molar-refractivity contribution >= 4 is 27.4 Å². The molecule has 0 spiro atoms. The van der Waals surface area contributed by atoms with E-state index < -0.39 is 27.8 Å². The van der Waals surface area contributed by atoms with Gasteiger partial charge in [0.05, 0.1) is 10.5 Å². The molecule has 7 heteroatoms. The lowest BCUT2D eigenvalue weighted by Gasteiger charge is -2.14. The molecule has 0 saturated carbocycles. The first-order valence-corrected chi connectivity index (χ1v) is 9.45. The van der Waals surface area contributed by atoms with E-state index in [0.29, 0.717) is 5.69 Å². The van der Waals surface area contributed by atoms with Crippen LogP contribution in [0.1, 0.15) is 22.8 Å². The number of ether oxygens (including phenoxy) is 1. The van der Waals surface area contributed by atoms with E-state index in [1.165, 1.54) is 31.2 Å². The van der Waals surface area contributed by atoms with E-state index in [4.69, 9.17) is 4.74 Å². The van der Waals surface area contributed by atoms with Crippen LogP contribution in [0.3, 0.4) is 0 Å². The highest BCUT2D eigenvalue weighted by Crippen LogP contribution is 2.17. The normalized spacial score (nSPS) is 12.3. The van der Waals surface area contributed by atoms with Crippen molar-refractivity contribution in [3.05, 3.63) is 59.7 Å². The fourth-order valence-electron chi connectivity index (χ4n) is 2.12. The molecule has 0 aromatic heterocycles. The van der Waals surface area contributed by atoms with Crippen LogP contribution in [0.25, 0.3) is 0 Å². The summed E-state index contributed by atoms with van der Waals surface area (Å²) in [4.78, 5) is 24.3. The van der Waals surface area contributed by atoms with Gasteiger partial charge in [-0.1, -0.05) is 29.8 Å². The molecule has 0 aliphatic heterocycles. The van der Waals surface area contributed by atoms with E-state index in [-0.39, 0.29) is 10.5 Å². The van der Waals surface area contributed by atoms with Gasteiger partial charge in [-0.05, 0) is 38.1 Å². The largest absolute Gasteiger partial charge is 0.449 e. The predicted octanol–water partition coefficient (Wildman–Crippen LogP) is 2.58. The average molecular weight is 361 g/mol. The van der Waals surface area contributed by atoms with Crippen LogP contribution < -0.4 is 5.32 Å². The first-order valence-electron chi connectivity index (χ1n) is 7.56. The van der Waals surface area contributed by atoms with E-state index in [1.807, 2.05) is 19.1 Å². The second-order valence-electron chi connectivity index (χ2n) is 5.67. The van der Waals surface area contributed by atoms with Gasteiger partial charge in [0, 0.05) is 11.9 Å². The minimum atomic E-state index is -3.59. The minimum absolute atomic E-state index is 0.0972. The van der Waals surface area contributed by atoms with Crippen LogP contribution >= 0.6 is 0 Å². The molecule has 0 unspecified atom stereocenters. The second-order valence-corrected chi connectivity index (χ2v) is 7.66. The summed E-state index contributed by atoms with van der Waals surface area (Å²) in [7, 11) is -3.59. The Morgan fingerprint density at radius 2 is 1.64 bits per heavy atom. The Hall–Kier alpha value is -2.67. The summed E-state index contributed by atoms with van der Waals surface area (Å²) in [5.74, 6) is -1.37. The van der Waals surface area contributed by atoms with Crippen LogP contribution in [-0.2, 0) is 19.4 Å². The third kappa shape index (κ3) is 4.90. The number of carbonyl (C=O) groups is 2. The Morgan fingerprint density at radius 3 is 2.24 bits per heavy atom. The van der Waals surface area contributed by atoms with Gasteiger partial charge >= 0.3 is 5.97 Å². The zero-order valence-electron chi connectivity index (χ0n) is 14.1. The van der Waals surface area contributed by atoms with Gasteiger partial charge in [-0.15, -0.1) is 0 Å². The van der Waals surface area contributed by atoms with Crippen LogP contribution in [0.15, 0.2) is 53.4 Å². The Kier molecular flexibility index (Phi) is 5.58. The Morgan fingerprint density at radius 1 is 1.04 bits per heavy atom. The van der Waals surface area contributed by atoms with Crippen molar-refractivity contribution in [3.8, 4) is 0 Å². The number of esters is 1. The quantitative estimate of drug-likeness (QED) is 0.827. The third-order valence-corrected chi connectivity index (χ3v) is 4.63. The lowest BCUT2D eigenvalue weighted by molar-refractivity contribution is -0.123. The van der Waals surface area contributed by atoms with Gasteiger partial charge in [-0.2, -0.15) is 0 Å². The van der Waals surface area contributed by atoms with Crippen LogP contribution in [0.2, 0.25) is 0 Å². The van der Waals surface area contributed by atoms with Crippen molar-refractivity contribution < 1.29 is 22.7 Å². The summed E-state index contributed by atoms with van der Waals surface area (Å²) in [6.45, 7) is 3.35.